The number of benzene rings is 1. The van der Waals surface area contributed by atoms with Crippen LogP contribution in [0.3, 0.4) is 0 Å². The summed E-state index contributed by atoms with van der Waals surface area (Å²) in [6, 6.07) is 6.31. The fourth-order valence-electron chi connectivity index (χ4n) is 4.14. The second kappa shape index (κ2) is 9.08. The van der Waals surface area contributed by atoms with Crippen molar-refractivity contribution < 1.29 is 13.9 Å². The van der Waals surface area contributed by atoms with Gasteiger partial charge in [0.1, 0.15) is 11.3 Å². The molecule has 1 aliphatic heterocycles. The fourth-order valence-corrected chi connectivity index (χ4v) is 4.14. The number of amides is 1. The van der Waals surface area contributed by atoms with Gasteiger partial charge in [0.15, 0.2) is 11.6 Å². The maximum Gasteiger partial charge on any atom is 0.227 e. The largest absolute Gasteiger partial charge is 0.378 e. The molecule has 3 aromatic heterocycles. The SMILES string of the molecule is Nc1ncc(-c2nc(N3CCOCC3)c3ncc(-c4cc(NC(=O)C5CC5)ccc4F)cc3n2)cn1. The Bertz CT molecular complexity index is 1450. The van der Waals surface area contributed by atoms with Gasteiger partial charge in [-0.2, -0.15) is 0 Å². The van der Waals surface area contributed by atoms with E-state index in [4.69, 9.17) is 20.4 Å². The van der Waals surface area contributed by atoms with Crippen LogP contribution in [0.15, 0.2) is 42.9 Å². The van der Waals surface area contributed by atoms with Crippen LogP contribution < -0.4 is 16.0 Å². The lowest BCUT2D eigenvalue weighted by Gasteiger charge is -2.28. The first-order valence-corrected chi connectivity index (χ1v) is 11.7. The molecule has 36 heavy (non-hydrogen) atoms. The summed E-state index contributed by atoms with van der Waals surface area (Å²) in [4.78, 5) is 36.5. The number of anilines is 3. The molecule has 1 saturated heterocycles. The van der Waals surface area contributed by atoms with Crippen LogP contribution in [-0.4, -0.2) is 57.1 Å². The molecule has 4 aromatic rings. The second-order valence-electron chi connectivity index (χ2n) is 8.85. The second-order valence-corrected chi connectivity index (χ2v) is 8.85. The van der Waals surface area contributed by atoms with E-state index in [0.717, 1.165) is 12.8 Å². The fraction of sp³-hybridized carbons (Fsp3) is 0.280. The van der Waals surface area contributed by atoms with Crippen molar-refractivity contribution >= 4 is 34.4 Å². The molecule has 10 nitrogen and oxygen atoms in total. The minimum absolute atomic E-state index is 0.0394. The highest BCUT2D eigenvalue weighted by Gasteiger charge is 2.29. The van der Waals surface area contributed by atoms with E-state index in [9.17, 15) is 9.18 Å². The van der Waals surface area contributed by atoms with E-state index in [0.29, 0.717) is 71.4 Å². The molecule has 11 heteroatoms. The van der Waals surface area contributed by atoms with E-state index in [-0.39, 0.29) is 17.8 Å². The molecule has 182 valence electrons. The Hall–Kier alpha value is -4.25. The van der Waals surface area contributed by atoms with Gasteiger partial charge in [-0.05, 0) is 37.1 Å². The molecule has 0 unspecified atom stereocenters. The highest BCUT2D eigenvalue weighted by atomic mass is 19.1. The van der Waals surface area contributed by atoms with E-state index >= 15 is 0 Å². The Morgan fingerprint density at radius 1 is 1.03 bits per heavy atom. The van der Waals surface area contributed by atoms with Crippen molar-refractivity contribution in [1.29, 1.82) is 0 Å². The number of ether oxygens (including phenoxy) is 1. The van der Waals surface area contributed by atoms with Crippen molar-refractivity contribution in [2.75, 3.05) is 42.3 Å². The minimum Gasteiger partial charge on any atom is -0.378 e. The molecule has 4 heterocycles. The Balaban J connectivity index is 1.45. The van der Waals surface area contributed by atoms with Gasteiger partial charge < -0.3 is 20.7 Å². The van der Waals surface area contributed by atoms with Crippen LogP contribution in [0.25, 0.3) is 33.5 Å². The number of nitrogen functional groups attached to an aromatic ring is 1. The Labute approximate surface area is 205 Å². The first-order valence-electron chi connectivity index (χ1n) is 11.7. The predicted octanol–water partition coefficient (Wildman–Crippen LogP) is 3.06. The first-order chi connectivity index (χ1) is 17.5. The van der Waals surface area contributed by atoms with Crippen molar-refractivity contribution in [3.05, 3.63) is 48.7 Å². The number of nitrogens with two attached hydrogens (primary N) is 1. The van der Waals surface area contributed by atoms with Gasteiger partial charge in [0.25, 0.3) is 0 Å². The average Bonchev–Trinajstić information content (AvgIpc) is 3.76. The van der Waals surface area contributed by atoms with Gasteiger partial charge in [0, 0.05) is 54.4 Å². The third kappa shape index (κ3) is 4.40. The van der Waals surface area contributed by atoms with Crippen molar-refractivity contribution in [3.8, 4) is 22.5 Å². The van der Waals surface area contributed by atoms with Gasteiger partial charge in [0.2, 0.25) is 11.9 Å². The normalized spacial score (nSPS) is 15.8. The van der Waals surface area contributed by atoms with Crippen molar-refractivity contribution in [2.45, 2.75) is 12.8 Å². The number of aromatic nitrogens is 5. The van der Waals surface area contributed by atoms with Gasteiger partial charge in [-0.15, -0.1) is 0 Å². The monoisotopic (exact) mass is 486 g/mol. The number of fused-ring (bicyclic) bond motifs is 1. The number of hydrogen-bond donors (Lipinski definition) is 2. The van der Waals surface area contributed by atoms with Crippen LogP contribution in [0.5, 0.6) is 0 Å². The third-order valence-corrected chi connectivity index (χ3v) is 6.25. The molecule has 2 aliphatic rings. The molecule has 1 saturated carbocycles. The predicted molar refractivity (Wildman–Crippen MR) is 133 cm³/mol. The molecule has 1 aromatic carbocycles. The van der Waals surface area contributed by atoms with Crippen LogP contribution >= 0.6 is 0 Å². The zero-order chi connectivity index (χ0) is 24.6. The smallest absolute Gasteiger partial charge is 0.227 e. The van der Waals surface area contributed by atoms with E-state index < -0.39 is 5.82 Å². The highest BCUT2D eigenvalue weighted by molar-refractivity contribution is 5.95. The Kier molecular flexibility index (Phi) is 5.61. The summed E-state index contributed by atoms with van der Waals surface area (Å²) in [5.41, 5.74) is 8.78. The standard InChI is InChI=1S/C25H23FN8O2/c26-19-4-3-17(31-24(35)14-1-2-14)10-18(19)15-9-20-21(28-11-15)23(34-5-7-36-8-6-34)33-22(32-20)16-12-29-25(27)30-13-16/h3-4,9-14H,1-2,5-8H2,(H,31,35)(H2,27,29,30). The highest BCUT2D eigenvalue weighted by Crippen LogP contribution is 2.33. The number of carbonyl (C=O) groups is 1. The number of carbonyl (C=O) groups excluding carboxylic acids is 1. The molecule has 0 atom stereocenters. The minimum atomic E-state index is -0.421. The van der Waals surface area contributed by atoms with Crippen LogP contribution in [0.2, 0.25) is 0 Å². The maximum atomic E-state index is 14.9. The molecule has 0 spiro atoms. The van der Waals surface area contributed by atoms with Gasteiger partial charge in [-0.25, -0.2) is 24.3 Å². The van der Waals surface area contributed by atoms with E-state index in [1.54, 1.807) is 36.8 Å². The number of pyridine rings is 1. The number of halogens is 1. The van der Waals surface area contributed by atoms with Crippen molar-refractivity contribution in [3.63, 3.8) is 0 Å². The number of nitrogens with zero attached hydrogens (tertiary/aromatic N) is 6. The summed E-state index contributed by atoms with van der Waals surface area (Å²) < 4.78 is 20.4. The lowest BCUT2D eigenvalue weighted by atomic mass is 10.1. The number of nitrogens with one attached hydrogen (secondary N) is 1. The maximum absolute atomic E-state index is 14.9. The summed E-state index contributed by atoms with van der Waals surface area (Å²) >= 11 is 0. The van der Waals surface area contributed by atoms with Crippen molar-refractivity contribution in [1.82, 2.24) is 24.9 Å². The van der Waals surface area contributed by atoms with Gasteiger partial charge in [-0.1, -0.05) is 0 Å². The molecule has 3 N–H and O–H groups in total. The molecule has 1 amide bonds. The molecule has 0 radical (unpaired) electrons. The topological polar surface area (TPSA) is 132 Å². The van der Waals surface area contributed by atoms with E-state index in [2.05, 4.69) is 25.2 Å². The summed E-state index contributed by atoms with van der Waals surface area (Å²) in [6.07, 6.45) is 6.51. The number of rotatable bonds is 5. The average molecular weight is 487 g/mol. The van der Waals surface area contributed by atoms with E-state index in [1.165, 1.54) is 6.07 Å². The Morgan fingerprint density at radius 2 is 1.78 bits per heavy atom. The van der Waals surface area contributed by atoms with Crippen LogP contribution in [0.4, 0.5) is 21.8 Å². The molecular weight excluding hydrogens is 463 g/mol. The summed E-state index contributed by atoms with van der Waals surface area (Å²) in [5.74, 6) is 0.812. The zero-order valence-corrected chi connectivity index (χ0v) is 19.3. The Morgan fingerprint density at radius 3 is 2.53 bits per heavy atom. The van der Waals surface area contributed by atoms with Gasteiger partial charge in [0.05, 0.1) is 24.3 Å². The zero-order valence-electron chi connectivity index (χ0n) is 19.3. The number of hydrogen-bond acceptors (Lipinski definition) is 9. The summed E-state index contributed by atoms with van der Waals surface area (Å²) in [7, 11) is 0. The van der Waals surface area contributed by atoms with Gasteiger partial charge >= 0.3 is 0 Å². The summed E-state index contributed by atoms with van der Waals surface area (Å²) in [5, 5.41) is 2.87. The lowest BCUT2D eigenvalue weighted by Crippen LogP contribution is -2.37. The number of morpholine rings is 1. The van der Waals surface area contributed by atoms with Crippen LogP contribution in [0.1, 0.15) is 12.8 Å². The third-order valence-electron chi connectivity index (χ3n) is 6.25. The van der Waals surface area contributed by atoms with Crippen LogP contribution in [0, 0.1) is 11.7 Å². The lowest BCUT2D eigenvalue weighted by molar-refractivity contribution is -0.117. The summed E-state index contributed by atoms with van der Waals surface area (Å²) in [6.45, 7) is 2.47. The van der Waals surface area contributed by atoms with E-state index in [1.807, 2.05) is 0 Å². The quantitative estimate of drug-likeness (QED) is 0.437. The molecule has 2 fully saturated rings. The van der Waals surface area contributed by atoms with Crippen LogP contribution in [-0.2, 0) is 9.53 Å². The first kappa shape index (κ1) is 22.2. The molecule has 6 rings (SSSR count). The molecule has 0 bridgehead atoms. The molecule has 1 aliphatic carbocycles. The van der Waals surface area contributed by atoms with Crippen molar-refractivity contribution in [2.24, 2.45) is 5.92 Å². The van der Waals surface area contributed by atoms with Gasteiger partial charge in [-0.3, -0.25) is 9.78 Å². The molecular formula is C25H23FN8O2.